The fraction of sp³-hybridized carbons (Fsp3) is 0.0769. The minimum Gasteiger partial charge on any atom is -0.436 e. The number of nitrogens with one attached hydrogen (secondary N) is 1. The Kier molecular flexibility index (Phi) is 4.25. The van der Waals surface area contributed by atoms with Gasteiger partial charge < -0.3 is 10.1 Å². The summed E-state index contributed by atoms with van der Waals surface area (Å²) in [5.41, 5.74) is -1.35. The molecule has 1 aromatic carbocycles. The second-order valence-corrected chi connectivity index (χ2v) is 4.01. The van der Waals surface area contributed by atoms with Gasteiger partial charge in [0.05, 0.1) is 11.3 Å². The van der Waals surface area contributed by atoms with Gasteiger partial charge in [-0.15, -0.1) is 0 Å². The average molecular weight is 318 g/mol. The van der Waals surface area contributed by atoms with Gasteiger partial charge in [0.25, 0.3) is 0 Å². The second kappa shape index (κ2) is 5.96. The molecular weight excluding hydrogens is 311 g/mol. The Labute approximate surface area is 120 Å². The van der Waals surface area contributed by atoms with Gasteiger partial charge in [-0.05, 0) is 6.07 Å². The van der Waals surface area contributed by atoms with Crippen LogP contribution in [0.15, 0.2) is 30.5 Å². The Hall–Kier alpha value is -2.71. The van der Waals surface area contributed by atoms with Gasteiger partial charge in [0.2, 0.25) is 12.3 Å². The molecule has 1 aromatic heterocycles. The third-order valence-corrected chi connectivity index (χ3v) is 2.51. The molecule has 0 aliphatic carbocycles. The van der Waals surface area contributed by atoms with Crippen molar-refractivity contribution in [3.8, 4) is 11.6 Å². The van der Waals surface area contributed by atoms with Gasteiger partial charge in [-0.1, -0.05) is 0 Å². The summed E-state index contributed by atoms with van der Waals surface area (Å²) in [5.74, 6) is -2.96. The Morgan fingerprint density at radius 1 is 1.14 bits per heavy atom. The number of benzene rings is 1. The van der Waals surface area contributed by atoms with E-state index >= 15 is 0 Å². The molecule has 2 aromatic rings. The number of carbonyl (C=O) groups is 1. The third-order valence-electron chi connectivity index (χ3n) is 2.51. The SMILES string of the molecule is O=CNc1cc(Oc2ccc(C(F)(F)F)cn2)c(F)cc1F. The summed E-state index contributed by atoms with van der Waals surface area (Å²) in [6.07, 6.45) is -3.87. The predicted molar refractivity (Wildman–Crippen MR) is 65.4 cm³/mol. The number of nitrogens with zero attached hydrogens (tertiary/aromatic N) is 1. The quantitative estimate of drug-likeness (QED) is 0.690. The van der Waals surface area contributed by atoms with Gasteiger partial charge >= 0.3 is 6.18 Å². The van der Waals surface area contributed by atoms with E-state index in [9.17, 15) is 26.7 Å². The fourth-order valence-electron chi connectivity index (χ4n) is 1.50. The van der Waals surface area contributed by atoms with E-state index in [4.69, 9.17) is 4.74 Å². The van der Waals surface area contributed by atoms with Crippen molar-refractivity contribution in [1.29, 1.82) is 0 Å². The lowest BCUT2D eigenvalue weighted by molar-refractivity contribution is -0.137. The molecule has 2 rings (SSSR count). The van der Waals surface area contributed by atoms with Gasteiger partial charge in [0.1, 0.15) is 5.82 Å². The minimum atomic E-state index is -4.56. The molecule has 0 atom stereocenters. The van der Waals surface area contributed by atoms with E-state index in [2.05, 4.69) is 4.98 Å². The van der Waals surface area contributed by atoms with E-state index in [0.29, 0.717) is 18.3 Å². The molecule has 0 saturated carbocycles. The molecule has 0 unspecified atom stereocenters. The molecule has 1 N–H and O–H groups in total. The molecular formula is C13H7F5N2O2. The maximum Gasteiger partial charge on any atom is 0.417 e. The fourth-order valence-corrected chi connectivity index (χ4v) is 1.50. The zero-order valence-corrected chi connectivity index (χ0v) is 10.6. The Morgan fingerprint density at radius 3 is 2.41 bits per heavy atom. The van der Waals surface area contributed by atoms with Crippen LogP contribution in [0.4, 0.5) is 27.6 Å². The van der Waals surface area contributed by atoms with Crippen LogP contribution in [0.1, 0.15) is 5.56 Å². The van der Waals surface area contributed by atoms with Crippen molar-refractivity contribution >= 4 is 12.1 Å². The van der Waals surface area contributed by atoms with Crippen LogP contribution in [0.2, 0.25) is 0 Å². The number of amides is 1. The van der Waals surface area contributed by atoms with Gasteiger partial charge in [-0.25, -0.2) is 13.8 Å². The normalized spacial score (nSPS) is 11.1. The maximum absolute atomic E-state index is 13.5. The van der Waals surface area contributed by atoms with Crippen LogP contribution in [-0.2, 0) is 11.0 Å². The van der Waals surface area contributed by atoms with E-state index in [-0.39, 0.29) is 18.0 Å². The number of alkyl halides is 3. The predicted octanol–water partition coefficient (Wildman–Crippen LogP) is 3.74. The molecule has 22 heavy (non-hydrogen) atoms. The smallest absolute Gasteiger partial charge is 0.417 e. The monoisotopic (exact) mass is 318 g/mol. The lowest BCUT2D eigenvalue weighted by atomic mass is 10.2. The van der Waals surface area contributed by atoms with Crippen molar-refractivity contribution in [2.45, 2.75) is 6.18 Å². The summed E-state index contributed by atoms with van der Waals surface area (Å²) in [6, 6.07) is 2.90. The van der Waals surface area contributed by atoms with Crippen LogP contribution in [0.25, 0.3) is 0 Å². The summed E-state index contributed by atoms with van der Waals surface area (Å²) >= 11 is 0. The standard InChI is InChI=1S/C13H7F5N2O2/c14-8-3-9(15)11(4-10(8)20-6-21)22-12-2-1-7(5-19-12)13(16,17)18/h1-6H,(H,20,21). The second-order valence-electron chi connectivity index (χ2n) is 4.01. The zero-order chi connectivity index (χ0) is 16.3. The van der Waals surface area contributed by atoms with Gasteiger partial charge in [-0.2, -0.15) is 13.2 Å². The number of hydrogen-bond acceptors (Lipinski definition) is 3. The highest BCUT2D eigenvalue weighted by Crippen LogP contribution is 2.31. The summed E-state index contributed by atoms with van der Waals surface area (Å²) in [4.78, 5) is 13.7. The molecule has 9 heteroatoms. The van der Waals surface area contributed by atoms with Crippen LogP contribution >= 0.6 is 0 Å². The Balaban J connectivity index is 2.27. The van der Waals surface area contributed by atoms with Crippen molar-refractivity contribution in [3.05, 3.63) is 47.7 Å². The van der Waals surface area contributed by atoms with E-state index < -0.39 is 29.1 Å². The number of aromatic nitrogens is 1. The summed E-state index contributed by atoms with van der Waals surface area (Å²) in [5, 5.41) is 1.99. The van der Waals surface area contributed by atoms with Crippen molar-refractivity contribution < 1.29 is 31.5 Å². The van der Waals surface area contributed by atoms with Crippen molar-refractivity contribution in [1.82, 2.24) is 4.98 Å². The number of ether oxygens (including phenoxy) is 1. The van der Waals surface area contributed by atoms with E-state index in [1.807, 2.05) is 5.32 Å². The molecule has 1 amide bonds. The topological polar surface area (TPSA) is 51.2 Å². The first kappa shape index (κ1) is 15.7. The van der Waals surface area contributed by atoms with Gasteiger partial charge in [-0.3, -0.25) is 4.79 Å². The van der Waals surface area contributed by atoms with E-state index in [1.54, 1.807) is 0 Å². The first-order chi connectivity index (χ1) is 10.3. The molecule has 0 fully saturated rings. The molecule has 1 heterocycles. The lowest BCUT2D eigenvalue weighted by Gasteiger charge is -2.10. The van der Waals surface area contributed by atoms with E-state index in [0.717, 1.165) is 12.1 Å². The first-order valence-corrected chi connectivity index (χ1v) is 5.71. The molecule has 4 nitrogen and oxygen atoms in total. The van der Waals surface area contributed by atoms with Crippen LogP contribution in [0.5, 0.6) is 11.6 Å². The number of rotatable bonds is 4. The Bertz CT molecular complexity index is 686. The van der Waals surface area contributed by atoms with Crippen molar-refractivity contribution in [3.63, 3.8) is 0 Å². The number of carbonyl (C=O) groups excluding carboxylic acids is 1. The highest BCUT2D eigenvalue weighted by atomic mass is 19.4. The van der Waals surface area contributed by atoms with Crippen LogP contribution < -0.4 is 10.1 Å². The largest absolute Gasteiger partial charge is 0.436 e. The minimum absolute atomic E-state index is 0.177. The van der Waals surface area contributed by atoms with Gasteiger partial charge in [0, 0.05) is 24.4 Å². The Morgan fingerprint density at radius 2 is 1.86 bits per heavy atom. The molecule has 0 bridgehead atoms. The average Bonchev–Trinajstić information content (AvgIpc) is 2.44. The number of anilines is 1. The highest BCUT2D eigenvalue weighted by molar-refractivity contribution is 5.72. The lowest BCUT2D eigenvalue weighted by Crippen LogP contribution is -2.05. The number of pyridine rings is 1. The molecule has 0 aliphatic heterocycles. The third kappa shape index (κ3) is 3.48. The van der Waals surface area contributed by atoms with Crippen molar-refractivity contribution in [2.75, 3.05) is 5.32 Å². The summed E-state index contributed by atoms with van der Waals surface area (Å²) in [6.45, 7) is 0. The summed E-state index contributed by atoms with van der Waals surface area (Å²) in [7, 11) is 0. The van der Waals surface area contributed by atoms with Crippen LogP contribution in [-0.4, -0.2) is 11.4 Å². The maximum atomic E-state index is 13.5. The molecule has 116 valence electrons. The zero-order valence-electron chi connectivity index (χ0n) is 10.6. The number of hydrogen-bond donors (Lipinski definition) is 1. The molecule has 0 spiro atoms. The van der Waals surface area contributed by atoms with Gasteiger partial charge in [0.15, 0.2) is 11.6 Å². The highest BCUT2D eigenvalue weighted by Gasteiger charge is 2.30. The molecule has 0 saturated heterocycles. The van der Waals surface area contributed by atoms with Crippen LogP contribution in [0.3, 0.4) is 0 Å². The van der Waals surface area contributed by atoms with Crippen molar-refractivity contribution in [2.24, 2.45) is 0 Å². The molecule has 0 aliphatic rings. The first-order valence-electron chi connectivity index (χ1n) is 5.71. The van der Waals surface area contributed by atoms with Crippen LogP contribution in [0, 0.1) is 11.6 Å². The number of halogens is 5. The molecule has 0 radical (unpaired) electrons. The summed E-state index contributed by atoms with van der Waals surface area (Å²) < 4.78 is 68.9. The van der Waals surface area contributed by atoms with E-state index in [1.165, 1.54) is 0 Å².